The van der Waals surface area contributed by atoms with Crippen LogP contribution in [0.4, 0.5) is 9.59 Å². The molecule has 0 aromatic heterocycles. The summed E-state index contributed by atoms with van der Waals surface area (Å²) in [5.41, 5.74) is -1.14. The molecule has 0 aliphatic heterocycles. The van der Waals surface area contributed by atoms with Crippen LogP contribution in [0.25, 0.3) is 0 Å². The first kappa shape index (κ1) is 85.5. The molecule has 14 nitrogen and oxygen atoms in total. The van der Waals surface area contributed by atoms with E-state index < -0.39 is 94.1 Å². The van der Waals surface area contributed by atoms with E-state index in [9.17, 15) is 18.9 Å². The fourth-order valence-corrected chi connectivity index (χ4v) is 12.3. The van der Waals surface area contributed by atoms with E-state index in [4.69, 9.17) is 31.6 Å². The first-order valence-corrected chi connectivity index (χ1v) is 44.2. The summed E-state index contributed by atoms with van der Waals surface area (Å²) in [5.74, 6) is 0. The molecule has 0 saturated heterocycles. The van der Waals surface area contributed by atoms with E-state index in [0.29, 0.717) is 13.2 Å². The molecule has 7 atom stereocenters. The van der Waals surface area contributed by atoms with Crippen molar-refractivity contribution in [2.45, 2.75) is 309 Å². The summed E-state index contributed by atoms with van der Waals surface area (Å²) in [6.45, 7) is 84.3. The molecule has 0 unspecified atom stereocenters. The van der Waals surface area contributed by atoms with E-state index in [-0.39, 0.29) is 67.2 Å². The Morgan fingerprint density at radius 3 is 0.900 bits per heavy atom. The van der Waals surface area contributed by atoms with Crippen molar-refractivity contribution in [3.05, 3.63) is 38.0 Å². The van der Waals surface area contributed by atoms with Gasteiger partial charge in [-0.1, -0.05) is 122 Å². The van der Waals surface area contributed by atoms with Gasteiger partial charge in [0.05, 0.1) is 72.0 Å². The third-order valence-corrected chi connectivity index (χ3v) is 40.0. The van der Waals surface area contributed by atoms with Crippen LogP contribution in [0, 0.1) is 0 Å². The minimum absolute atomic E-state index is 0. The summed E-state index contributed by atoms with van der Waals surface area (Å²) in [6.07, 6.45) is 3.00. The Labute approximate surface area is 507 Å². The number of carbonyl (C=O) groups is 2. The molecule has 21 heteroatoms. The fourth-order valence-electron chi connectivity index (χ4n) is 5.40. The molecule has 0 saturated carbocycles. The normalized spacial score (nSPS) is 16.5. The Bertz CT molecular complexity index is 1920. The lowest BCUT2D eigenvalue weighted by atomic mass is 10.1. The summed E-state index contributed by atoms with van der Waals surface area (Å²) in [7, 11) is -11.3. The van der Waals surface area contributed by atoms with Crippen LogP contribution in [0.2, 0.25) is 90.7 Å². The summed E-state index contributed by atoms with van der Waals surface area (Å²) in [5, 5.41) is 15.6. The van der Waals surface area contributed by atoms with Crippen LogP contribution in [0.3, 0.4) is 0 Å². The minimum Gasteiger partial charge on any atom is -0.444 e. The van der Waals surface area contributed by atoms with Crippen LogP contribution in [0.1, 0.15) is 166 Å². The molecule has 0 bridgehead atoms. The highest BCUT2D eigenvalue weighted by Gasteiger charge is 2.46. The number of hydrogen-bond acceptors (Lipinski definition) is 11. The second-order valence-corrected chi connectivity index (χ2v) is 57.5. The lowest BCUT2D eigenvalue weighted by Gasteiger charge is -2.43. The van der Waals surface area contributed by atoms with Gasteiger partial charge in [-0.15, -0.1) is 32.1 Å². The number of hydrogen-bond donors (Lipinski definition) is 4. The van der Waals surface area contributed by atoms with Crippen LogP contribution in [-0.4, -0.2) is 135 Å². The maximum atomic E-state index is 12.7. The molecular weight excluding hydrogens is 1130 g/mol. The van der Waals surface area contributed by atoms with Crippen molar-refractivity contribution in [2.75, 3.05) is 19.8 Å². The minimum atomic E-state index is -2.09. The SMILES string of the molecule is C=C[C@H](NC(=O)OC(C)(C)C)[C@H](CO)O[Si](C)(C)C(C)(C)C.C=C[C@H](NC(=O)OC(C)(C)C)[C@H](CO[Si](C)(C)C(C)(C)C)O[Si](C)(C)C(C)(C)C.C=C[C@H](N[S@@](=O)C(C)(C)C)[C@H](CO[Si](C)(C)C(C)(C)C)O[Si](C)(C)C(C)(C)C.Cl. The summed E-state index contributed by atoms with van der Waals surface area (Å²) in [6, 6.07) is -1.14. The van der Waals surface area contributed by atoms with Crippen molar-refractivity contribution in [1.29, 1.82) is 0 Å². The van der Waals surface area contributed by atoms with Crippen molar-refractivity contribution < 1.29 is 50.5 Å². The van der Waals surface area contributed by atoms with E-state index >= 15 is 0 Å². The van der Waals surface area contributed by atoms with Gasteiger partial charge in [-0.2, -0.15) is 0 Å². The van der Waals surface area contributed by atoms with E-state index in [1.54, 1.807) is 32.9 Å². The standard InChI is InChI=1S/C22H47NO4Si2.C21H47NO3SSi2.C16H33NO4Si.ClH/c1-15-17(23-19(24)26-20(2,3)4)18(27-29(13,14)22(8,9)10)16-25-28(11,12)21(5,6)7;1-15-17(22-26(23)19(2,3)4)18(25-28(13,14)21(8,9)10)16-24-27(11,12)20(5,6)7;1-10-12(17-14(19)20-15(2,3)4)13(11-18)21-22(8,9)16(5,6)7;/h15,17-18H,1,16H2,2-14H3,(H,23,24);15,17-18,22H,1,16H2,2-14H3;10,12-13,18H,1,11H2,2-9H3,(H,17,19);1H/t17-,18-;17-,18-,26-;12-,13-;/m000./s1. The van der Waals surface area contributed by atoms with E-state index in [2.05, 4.69) is 204 Å². The largest absolute Gasteiger partial charge is 0.444 e. The van der Waals surface area contributed by atoms with Crippen LogP contribution < -0.4 is 15.4 Å². The van der Waals surface area contributed by atoms with Crippen molar-refractivity contribution in [3.63, 3.8) is 0 Å². The molecule has 4 N–H and O–H groups in total. The van der Waals surface area contributed by atoms with Gasteiger partial charge < -0.3 is 47.3 Å². The molecule has 0 aromatic rings. The molecule has 2 amide bonds. The lowest BCUT2D eigenvalue weighted by molar-refractivity contribution is 0.0398. The highest BCUT2D eigenvalue weighted by molar-refractivity contribution is 7.84. The maximum Gasteiger partial charge on any atom is 0.408 e. The lowest BCUT2D eigenvalue weighted by Crippen LogP contribution is -2.54. The van der Waals surface area contributed by atoms with Gasteiger partial charge in [0, 0.05) is 0 Å². The molecule has 478 valence electrons. The Morgan fingerprint density at radius 1 is 0.450 bits per heavy atom. The number of aliphatic hydroxyl groups excluding tert-OH is 1. The molecule has 0 spiro atoms. The van der Waals surface area contributed by atoms with Crippen molar-refractivity contribution in [1.82, 2.24) is 15.4 Å². The van der Waals surface area contributed by atoms with Gasteiger partial charge in [0.25, 0.3) is 0 Å². The summed E-state index contributed by atoms with van der Waals surface area (Å²) < 4.78 is 58.9. The fraction of sp³-hybridized carbons (Fsp3) is 0.864. The van der Waals surface area contributed by atoms with Gasteiger partial charge in [-0.05, 0) is 153 Å². The topological polar surface area (TPSA) is 172 Å². The zero-order valence-corrected chi connectivity index (χ0v) is 64.4. The molecule has 0 rings (SSSR count). The van der Waals surface area contributed by atoms with Gasteiger partial charge >= 0.3 is 12.2 Å². The molecule has 0 fully saturated rings. The third kappa shape index (κ3) is 31.4. The number of aliphatic hydroxyl groups is 1. The second-order valence-electron chi connectivity index (χ2n) is 31.7. The van der Waals surface area contributed by atoms with Crippen LogP contribution >= 0.6 is 12.4 Å². The first-order valence-electron chi connectivity index (χ1n) is 28.5. The number of alkyl carbamates (subject to hydrolysis) is 2. The third-order valence-electron chi connectivity index (χ3n) is 15.9. The average molecular weight is 1260 g/mol. The highest BCUT2D eigenvalue weighted by atomic mass is 35.5. The van der Waals surface area contributed by atoms with Crippen LogP contribution in [0.5, 0.6) is 0 Å². The Kier molecular flexibility index (Phi) is 34.3. The van der Waals surface area contributed by atoms with Crippen molar-refractivity contribution in [3.8, 4) is 0 Å². The average Bonchev–Trinajstić information content (AvgIpc) is 3.20. The van der Waals surface area contributed by atoms with Gasteiger partial charge in [-0.25, -0.2) is 18.5 Å². The number of rotatable bonds is 23. The van der Waals surface area contributed by atoms with Crippen LogP contribution in [0.15, 0.2) is 38.0 Å². The van der Waals surface area contributed by atoms with Crippen molar-refractivity contribution in [2.24, 2.45) is 0 Å². The second kappa shape index (κ2) is 32.1. The number of carbonyl (C=O) groups excluding carboxylic acids is 2. The predicted octanol–water partition coefficient (Wildman–Crippen LogP) is 16.4. The molecule has 0 aliphatic rings. The monoisotopic (exact) mass is 1260 g/mol. The highest BCUT2D eigenvalue weighted by Crippen LogP contribution is 2.42. The zero-order chi connectivity index (χ0) is 64.0. The summed E-state index contributed by atoms with van der Waals surface area (Å²) in [4.78, 5) is 24.3. The van der Waals surface area contributed by atoms with E-state index in [0.717, 1.165) is 0 Å². The Hall–Kier alpha value is -0.996. The van der Waals surface area contributed by atoms with Crippen LogP contribution in [-0.2, 0) is 42.6 Å². The van der Waals surface area contributed by atoms with Crippen molar-refractivity contribution >= 4 is 77.2 Å². The number of amides is 2. The predicted molar refractivity (Wildman–Crippen MR) is 359 cm³/mol. The van der Waals surface area contributed by atoms with Gasteiger partial charge in [0.15, 0.2) is 41.6 Å². The molecular formula is C59H128ClN3O11SSi5. The Morgan fingerprint density at radius 2 is 0.688 bits per heavy atom. The molecule has 80 heavy (non-hydrogen) atoms. The van der Waals surface area contributed by atoms with Gasteiger partial charge in [-0.3, -0.25) is 0 Å². The zero-order valence-electron chi connectivity index (χ0n) is 57.8. The quantitative estimate of drug-likeness (QED) is 0.0567. The number of ether oxygens (including phenoxy) is 2. The summed E-state index contributed by atoms with van der Waals surface area (Å²) >= 11 is 0. The smallest absolute Gasteiger partial charge is 0.408 e. The number of halogens is 1. The van der Waals surface area contributed by atoms with E-state index in [1.807, 2.05) is 47.6 Å². The number of nitrogens with one attached hydrogen (secondary N) is 3. The van der Waals surface area contributed by atoms with E-state index in [1.165, 1.54) is 0 Å². The molecule has 0 aliphatic carbocycles. The Balaban J connectivity index is -0.000000544. The van der Waals surface area contributed by atoms with Gasteiger partial charge in [0.1, 0.15) is 11.2 Å². The molecule has 0 aromatic carbocycles. The molecule has 0 heterocycles. The maximum absolute atomic E-state index is 12.7. The first-order chi connectivity index (χ1) is 34.5. The molecule has 0 radical (unpaired) electrons. The van der Waals surface area contributed by atoms with Gasteiger partial charge in [0.2, 0.25) is 0 Å².